The quantitative estimate of drug-likeness (QED) is 0.865. The molecule has 0 fully saturated rings. The fourth-order valence-electron chi connectivity index (χ4n) is 2.99. The first kappa shape index (κ1) is 16.6. The van der Waals surface area contributed by atoms with Gasteiger partial charge in [-0.25, -0.2) is 0 Å². The SMILES string of the molecule is CC(C)CC(NC(=O)c1cccnc1)c1nnc2n1CCNCC2. The predicted octanol–water partition coefficient (Wildman–Crippen LogP) is 1.34. The summed E-state index contributed by atoms with van der Waals surface area (Å²) in [5.74, 6) is 2.14. The van der Waals surface area contributed by atoms with Crippen molar-refractivity contribution in [2.45, 2.75) is 39.3 Å². The molecule has 1 aliphatic rings. The van der Waals surface area contributed by atoms with Gasteiger partial charge in [-0.2, -0.15) is 0 Å². The van der Waals surface area contributed by atoms with E-state index in [1.165, 1.54) is 0 Å². The molecule has 1 amide bonds. The van der Waals surface area contributed by atoms with E-state index < -0.39 is 0 Å². The van der Waals surface area contributed by atoms with Crippen molar-refractivity contribution in [3.63, 3.8) is 0 Å². The molecule has 7 heteroatoms. The summed E-state index contributed by atoms with van der Waals surface area (Å²) in [7, 11) is 0. The Kier molecular flexibility index (Phi) is 5.20. The molecule has 24 heavy (non-hydrogen) atoms. The van der Waals surface area contributed by atoms with Gasteiger partial charge in [0.1, 0.15) is 5.82 Å². The zero-order valence-corrected chi connectivity index (χ0v) is 14.2. The van der Waals surface area contributed by atoms with Crippen LogP contribution in [0.25, 0.3) is 0 Å². The van der Waals surface area contributed by atoms with Crippen molar-refractivity contribution in [1.82, 2.24) is 30.4 Å². The fourth-order valence-corrected chi connectivity index (χ4v) is 2.99. The lowest BCUT2D eigenvalue weighted by Gasteiger charge is -2.21. The summed E-state index contributed by atoms with van der Waals surface area (Å²) in [6.45, 7) is 6.92. The average molecular weight is 328 g/mol. The van der Waals surface area contributed by atoms with Crippen LogP contribution < -0.4 is 10.6 Å². The number of fused-ring (bicyclic) bond motifs is 1. The highest BCUT2D eigenvalue weighted by Gasteiger charge is 2.25. The van der Waals surface area contributed by atoms with Gasteiger partial charge in [0.05, 0.1) is 11.6 Å². The van der Waals surface area contributed by atoms with Gasteiger partial charge in [0, 0.05) is 38.4 Å². The number of carbonyl (C=O) groups excluding carboxylic acids is 1. The Hall–Kier alpha value is -2.28. The molecule has 0 saturated heterocycles. The van der Waals surface area contributed by atoms with Gasteiger partial charge in [-0.1, -0.05) is 13.8 Å². The van der Waals surface area contributed by atoms with Gasteiger partial charge in [-0.3, -0.25) is 9.78 Å². The summed E-state index contributed by atoms with van der Waals surface area (Å²) in [4.78, 5) is 16.6. The molecule has 1 unspecified atom stereocenters. The molecule has 7 nitrogen and oxygen atoms in total. The zero-order chi connectivity index (χ0) is 16.9. The lowest BCUT2D eigenvalue weighted by Crippen LogP contribution is -2.32. The maximum atomic E-state index is 12.5. The van der Waals surface area contributed by atoms with Crippen molar-refractivity contribution in [2.75, 3.05) is 13.1 Å². The minimum Gasteiger partial charge on any atom is -0.342 e. The maximum Gasteiger partial charge on any atom is 0.253 e. The van der Waals surface area contributed by atoms with Crippen LogP contribution in [0, 0.1) is 5.92 Å². The molecule has 0 spiro atoms. The maximum absolute atomic E-state index is 12.5. The summed E-state index contributed by atoms with van der Waals surface area (Å²) >= 11 is 0. The van der Waals surface area contributed by atoms with Crippen molar-refractivity contribution in [2.24, 2.45) is 5.92 Å². The van der Waals surface area contributed by atoms with Gasteiger partial charge >= 0.3 is 0 Å². The Labute approximate surface area is 141 Å². The summed E-state index contributed by atoms with van der Waals surface area (Å²) in [6.07, 6.45) is 4.92. The summed E-state index contributed by atoms with van der Waals surface area (Å²) in [5.41, 5.74) is 0.559. The third-order valence-corrected chi connectivity index (χ3v) is 4.14. The van der Waals surface area contributed by atoms with Crippen molar-refractivity contribution < 1.29 is 4.79 Å². The summed E-state index contributed by atoms with van der Waals surface area (Å²) in [6, 6.07) is 3.38. The molecule has 2 N–H and O–H groups in total. The van der Waals surface area contributed by atoms with Crippen LogP contribution >= 0.6 is 0 Å². The first-order valence-corrected chi connectivity index (χ1v) is 8.48. The topological polar surface area (TPSA) is 84.7 Å². The minimum atomic E-state index is -0.156. The molecule has 0 radical (unpaired) electrons. The molecule has 0 aliphatic carbocycles. The van der Waals surface area contributed by atoms with Gasteiger partial charge in [0.25, 0.3) is 5.91 Å². The zero-order valence-electron chi connectivity index (χ0n) is 14.2. The monoisotopic (exact) mass is 328 g/mol. The van der Waals surface area contributed by atoms with E-state index in [1.54, 1.807) is 24.5 Å². The molecule has 3 heterocycles. The Morgan fingerprint density at radius 1 is 1.38 bits per heavy atom. The van der Waals surface area contributed by atoms with Gasteiger partial charge in [0.15, 0.2) is 5.82 Å². The Balaban J connectivity index is 1.84. The average Bonchev–Trinajstić information content (AvgIpc) is 2.83. The van der Waals surface area contributed by atoms with Gasteiger partial charge in [-0.05, 0) is 24.5 Å². The molecule has 2 aromatic heterocycles. The van der Waals surface area contributed by atoms with Crippen LogP contribution in [-0.4, -0.2) is 38.7 Å². The van der Waals surface area contributed by atoms with Crippen LogP contribution in [0.15, 0.2) is 24.5 Å². The standard InChI is InChI=1S/C17H24N6O/c1-12(2)10-14(20-17(24)13-4-3-6-19-11-13)16-22-21-15-5-7-18-8-9-23(15)16/h3-4,6,11-12,14,18H,5,7-10H2,1-2H3,(H,20,24). The second kappa shape index (κ2) is 7.53. The number of aromatic nitrogens is 4. The van der Waals surface area contributed by atoms with Crippen molar-refractivity contribution in [1.29, 1.82) is 0 Å². The van der Waals surface area contributed by atoms with Crippen LogP contribution in [-0.2, 0) is 13.0 Å². The minimum absolute atomic E-state index is 0.127. The highest BCUT2D eigenvalue weighted by atomic mass is 16.1. The van der Waals surface area contributed by atoms with E-state index in [9.17, 15) is 4.79 Å². The lowest BCUT2D eigenvalue weighted by atomic mass is 10.0. The third-order valence-electron chi connectivity index (χ3n) is 4.14. The molecule has 0 bridgehead atoms. The Morgan fingerprint density at radius 2 is 2.25 bits per heavy atom. The number of amides is 1. The Morgan fingerprint density at radius 3 is 3.00 bits per heavy atom. The second-order valence-electron chi connectivity index (χ2n) is 6.52. The summed E-state index contributed by atoms with van der Waals surface area (Å²) < 4.78 is 2.15. The molecule has 2 aromatic rings. The van der Waals surface area contributed by atoms with Gasteiger partial charge in [-0.15, -0.1) is 10.2 Å². The largest absolute Gasteiger partial charge is 0.342 e. The van der Waals surface area contributed by atoms with Gasteiger partial charge < -0.3 is 15.2 Å². The lowest BCUT2D eigenvalue weighted by molar-refractivity contribution is 0.0928. The fraction of sp³-hybridized carbons (Fsp3) is 0.529. The van der Waals surface area contributed by atoms with Gasteiger partial charge in [0.2, 0.25) is 0 Å². The highest BCUT2D eigenvalue weighted by Crippen LogP contribution is 2.22. The summed E-state index contributed by atoms with van der Waals surface area (Å²) in [5, 5.41) is 15.2. The first-order chi connectivity index (χ1) is 11.6. The first-order valence-electron chi connectivity index (χ1n) is 8.48. The van der Waals surface area contributed by atoms with E-state index in [-0.39, 0.29) is 11.9 Å². The number of nitrogens with zero attached hydrogens (tertiary/aromatic N) is 4. The van der Waals surface area contributed by atoms with E-state index in [4.69, 9.17) is 0 Å². The van der Waals surface area contributed by atoms with E-state index in [1.807, 2.05) is 0 Å². The Bertz CT molecular complexity index is 682. The molecular weight excluding hydrogens is 304 g/mol. The molecule has 0 saturated carbocycles. The number of hydrogen-bond acceptors (Lipinski definition) is 5. The molecule has 128 valence electrons. The van der Waals surface area contributed by atoms with Crippen LogP contribution in [0.3, 0.4) is 0 Å². The number of pyridine rings is 1. The van der Waals surface area contributed by atoms with Crippen LogP contribution in [0.1, 0.15) is 48.3 Å². The molecule has 3 rings (SSSR count). The van der Waals surface area contributed by atoms with Crippen LogP contribution in [0.2, 0.25) is 0 Å². The molecule has 0 aromatic carbocycles. The van der Waals surface area contributed by atoms with Crippen molar-refractivity contribution in [3.05, 3.63) is 41.7 Å². The highest BCUT2D eigenvalue weighted by molar-refractivity contribution is 5.94. The third kappa shape index (κ3) is 3.79. The molecule has 1 atom stereocenters. The number of nitrogens with one attached hydrogen (secondary N) is 2. The van der Waals surface area contributed by atoms with Crippen molar-refractivity contribution >= 4 is 5.91 Å². The predicted molar refractivity (Wildman–Crippen MR) is 90.5 cm³/mol. The van der Waals surface area contributed by atoms with Crippen LogP contribution in [0.4, 0.5) is 0 Å². The van der Waals surface area contributed by atoms with E-state index in [0.29, 0.717) is 11.5 Å². The van der Waals surface area contributed by atoms with Crippen LogP contribution in [0.5, 0.6) is 0 Å². The van der Waals surface area contributed by atoms with E-state index >= 15 is 0 Å². The second-order valence-corrected chi connectivity index (χ2v) is 6.52. The molecule has 1 aliphatic heterocycles. The number of rotatable bonds is 5. The molecular formula is C17H24N6O. The van der Waals surface area contributed by atoms with E-state index in [0.717, 1.165) is 44.1 Å². The number of carbonyl (C=O) groups is 1. The van der Waals surface area contributed by atoms with Crippen molar-refractivity contribution in [3.8, 4) is 0 Å². The number of hydrogen-bond donors (Lipinski definition) is 2. The smallest absolute Gasteiger partial charge is 0.253 e. The normalized spacial score (nSPS) is 15.6. The van der Waals surface area contributed by atoms with E-state index in [2.05, 4.69) is 44.2 Å².